The lowest BCUT2D eigenvalue weighted by molar-refractivity contribution is -0.161. The Morgan fingerprint density at radius 3 is 1.00 bits per heavy atom. The quantitative estimate of drug-likeness (QED) is 0.0264. The molecule has 0 aliphatic heterocycles. The average molecular weight is 1130 g/mol. The molecule has 0 aromatic heterocycles. The van der Waals surface area contributed by atoms with Crippen molar-refractivity contribution in [3.05, 3.63) is 36.5 Å². The van der Waals surface area contributed by atoms with Gasteiger partial charge in [-0.2, -0.15) is 0 Å². The highest BCUT2D eigenvalue weighted by atomic mass is 31.2. The van der Waals surface area contributed by atoms with Gasteiger partial charge >= 0.3 is 19.8 Å². The highest BCUT2D eigenvalue weighted by Crippen LogP contribution is 2.43. The summed E-state index contributed by atoms with van der Waals surface area (Å²) >= 11 is 0. The summed E-state index contributed by atoms with van der Waals surface area (Å²) in [5.74, 6) is -0.820. The second-order valence-electron chi connectivity index (χ2n) is 23.4. The van der Waals surface area contributed by atoms with E-state index in [-0.39, 0.29) is 38.6 Å². The topological polar surface area (TPSA) is 134 Å². The molecule has 0 amide bonds. The minimum Gasteiger partial charge on any atom is -0.462 e. The Hall–Kier alpha value is -1.77. The number of hydrogen-bond acceptors (Lipinski definition) is 8. The van der Waals surface area contributed by atoms with E-state index in [0.717, 1.165) is 51.4 Å². The van der Waals surface area contributed by atoms with Crippen LogP contribution in [0.2, 0.25) is 0 Å². The van der Waals surface area contributed by atoms with Crippen molar-refractivity contribution in [1.29, 1.82) is 0 Å². The summed E-state index contributed by atoms with van der Waals surface area (Å²) in [6, 6.07) is 0. The molecule has 3 N–H and O–H groups in total. The maximum atomic E-state index is 12.7. The molecule has 0 aliphatic rings. The molecule has 0 saturated heterocycles. The molecule has 0 radical (unpaired) electrons. The lowest BCUT2D eigenvalue weighted by Gasteiger charge is -2.19. The number of unbranched alkanes of at least 4 members (excludes halogenated alkanes) is 47. The molecule has 466 valence electrons. The number of phosphoric acid groups is 1. The second kappa shape index (κ2) is 65.4. The van der Waals surface area contributed by atoms with Gasteiger partial charge in [-0.25, -0.2) is 4.57 Å². The van der Waals surface area contributed by atoms with Gasteiger partial charge in [0.05, 0.1) is 13.2 Å². The fourth-order valence-corrected chi connectivity index (χ4v) is 11.1. The van der Waals surface area contributed by atoms with Crippen LogP contribution >= 0.6 is 7.82 Å². The monoisotopic (exact) mass is 1130 g/mol. The Morgan fingerprint density at radius 1 is 0.380 bits per heavy atom. The van der Waals surface area contributed by atoms with E-state index in [0.29, 0.717) is 6.42 Å². The Labute approximate surface area is 490 Å². The maximum absolute atomic E-state index is 12.7. The van der Waals surface area contributed by atoms with Crippen LogP contribution in [-0.4, -0.2) is 49.3 Å². The van der Waals surface area contributed by atoms with Gasteiger partial charge in [-0.05, 0) is 70.6 Å². The summed E-state index contributed by atoms with van der Waals surface area (Å²) in [5, 5.41) is 0. The molecule has 9 nitrogen and oxygen atoms in total. The van der Waals surface area contributed by atoms with E-state index >= 15 is 0 Å². The SMILES string of the molecule is CCCCC/C=C\C/C=C\CCCCCCCCCC(=O)OC(COC(=O)CCCCCCCCCCCCCCCCCCCCCCCCCCCCCCC/C=C\CCCCCCCCCC)COP(=O)(O)OCCN. The van der Waals surface area contributed by atoms with Crippen molar-refractivity contribution in [2.75, 3.05) is 26.4 Å². The van der Waals surface area contributed by atoms with Gasteiger partial charge in [0.25, 0.3) is 0 Å². The minimum atomic E-state index is -4.39. The van der Waals surface area contributed by atoms with Gasteiger partial charge in [-0.15, -0.1) is 0 Å². The number of carbonyl (C=O) groups is 2. The molecule has 0 aliphatic carbocycles. The van der Waals surface area contributed by atoms with Gasteiger partial charge in [-0.3, -0.25) is 18.6 Å². The number of carbonyl (C=O) groups excluding carboxylic acids is 2. The van der Waals surface area contributed by atoms with Crippen LogP contribution in [-0.2, 0) is 32.7 Å². The van der Waals surface area contributed by atoms with Crippen LogP contribution in [0.25, 0.3) is 0 Å². The number of rotatable bonds is 66. The van der Waals surface area contributed by atoms with Gasteiger partial charge in [-0.1, -0.05) is 314 Å². The molecule has 2 unspecified atom stereocenters. The van der Waals surface area contributed by atoms with E-state index in [1.165, 1.54) is 276 Å². The lowest BCUT2D eigenvalue weighted by atomic mass is 10.0. The van der Waals surface area contributed by atoms with E-state index in [2.05, 4.69) is 50.3 Å². The third-order valence-corrected chi connectivity index (χ3v) is 16.5. The summed E-state index contributed by atoms with van der Waals surface area (Å²) in [4.78, 5) is 35.2. The van der Waals surface area contributed by atoms with Crippen LogP contribution < -0.4 is 5.73 Å². The van der Waals surface area contributed by atoms with E-state index in [1.807, 2.05) is 0 Å². The summed E-state index contributed by atoms with van der Waals surface area (Å²) in [6.45, 7) is 3.76. The molecule has 2 atom stereocenters. The fraction of sp³-hybridized carbons (Fsp3) is 0.884. The van der Waals surface area contributed by atoms with E-state index < -0.39 is 26.5 Å². The summed E-state index contributed by atoms with van der Waals surface area (Å²) < 4.78 is 33.1. The summed E-state index contributed by atoms with van der Waals surface area (Å²) in [7, 11) is -4.39. The van der Waals surface area contributed by atoms with E-state index in [9.17, 15) is 19.0 Å². The third-order valence-electron chi connectivity index (χ3n) is 15.5. The molecule has 0 aromatic carbocycles. The molecule has 0 bridgehead atoms. The fourth-order valence-electron chi connectivity index (χ4n) is 10.4. The summed E-state index contributed by atoms with van der Waals surface area (Å²) in [6.07, 6.45) is 81.2. The van der Waals surface area contributed by atoms with Crippen LogP contribution in [0.1, 0.15) is 361 Å². The number of esters is 2. The number of phosphoric ester groups is 1. The van der Waals surface area contributed by atoms with E-state index in [1.54, 1.807) is 0 Å². The average Bonchev–Trinajstić information content (AvgIpc) is 3.44. The zero-order valence-electron chi connectivity index (χ0n) is 52.4. The molecule has 0 saturated carbocycles. The standard InChI is InChI=1S/C69H132NO8P/c1-3-5-7-9-11-13-15-17-19-21-22-23-24-25-26-27-28-29-30-31-32-33-34-35-36-37-38-39-40-41-42-43-44-46-47-49-51-53-55-57-59-61-68(71)75-65-67(66-77-79(73,74)76-64-63-70)78-69(72)62-60-58-56-54-52-50-48-45-20-18-16-14-12-10-8-6-4-2/h12,14,18,20-22,67H,3-11,13,15-17,19,23-66,70H2,1-2H3,(H,73,74)/b14-12-,20-18-,22-21-. The number of ether oxygens (including phenoxy) is 2. The van der Waals surface area contributed by atoms with Crippen LogP contribution in [0.3, 0.4) is 0 Å². The Bertz CT molecular complexity index is 1390. The van der Waals surface area contributed by atoms with E-state index in [4.69, 9.17) is 24.3 Å². The van der Waals surface area contributed by atoms with Crippen molar-refractivity contribution in [2.45, 2.75) is 367 Å². The number of nitrogens with two attached hydrogens (primary N) is 1. The molecule has 0 aromatic rings. The van der Waals surface area contributed by atoms with Crippen molar-refractivity contribution in [2.24, 2.45) is 5.73 Å². The largest absolute Gasteiger partial charge is 0.472 e. The minimum absolute atomic E-state index is 0.0535. The smallest absolute Gasteiger partial charge is 0.462 e. The van der Waals surface area contributed by atoms with Crippen molar-refractivity contribution in [3.8, 4) is 0 Å². The van der Waals surface area contributed by atoms with Crippen LogP contribution in [0.15, 0.2) is 36.5 Å². The normalized spacial score (nSPS) is 13.1. The first kappa shape index (κ1) is 77.2. The predicted octanol–water partition coefficient (Wildman–Crippen LogP) is 22.3. The molecule has 0 fully saturated rings. The second-order valence-corrected chi connectivity index (χ2v) is 24.8. The highest BCUT2D eigenvalue weighted by molar-refractivity contribution is 7.47. The number of allylic oxidation sites excluding steroid dienone is 6. The van der Waals surface area contributed by atoms with Gasteiger partial charge in [0, 0.05) is 19.4 Å². The van der Waals surface area contributed by atoms with Crippen LogP contribution in [0.5, 0.6) is 0 Å². The maximum Gasteiger partial charge on any atom is 0.472 e. The zero-order chi connectivity index (χ0) is 57.3. The van der Waals surface area contributed by atoms with Crippen molar-refractivity contribution < 1.29 is 37.6 Å². The molecular weight excluding hydrogens is 1000 g/mol. The Balaban J connectivity index is 3.70. The molecule has 0 spiro atoms. The Morgan fingerprint density at radius 2 is 0.658 bits per heavy atom. The molecule has 0 rings (SSSR count). The summed E-state index contributed by atoms with van der Waals surface area (Å²) in [5.41, 5.74) is 5.39. The molecular formula is C69H132NO8P. The Kier molecular flexibility index (Phi) is 63.9. The molecule has 79 heavy (non-hydrogen) atoms. The zero-order valence-corrected chi connectivity index (χ0v) is 53.3. The van der Waals surface area contributed by atoms with Gasteiger partial charge in [0.15, 0.2) is 6.10 Å². The van der Waals surface area contributed by atoms with Gasteiger partial charge in [0.2, 0.25) is 0 Å². The third kappa shape index (κ3) is 65.3. The first-order chi connectivity index (χ1) is 38.8. The first-order valence-corrected chi connectivity index (χ1v) is 36.0. The van der Waals surface area contributed by atoms with Gasteiger partial charge < -0.3 is 20.1 Å². The number of hydrogen-bond donors (Lipinski definition) is 2. The highest BCUT2D eigenvalue weighted by Gasteiger charge is 2.26. The van der Waals surface area contributed by atoms with Crippen molar-refractivity contribution in [1.82, 2.24) is 0 Å². The first-order valence-electron chi connectivity index (χ1n) is 34.5. The van der Waals surface area contributed by atoms with Crippen LogP contribution in [0.4, 0.5) is 0 Å². The molecule has 10 heteroatoms. The van der Waals surface area contributed by atoms with Gasteiger partial charge in [0.1, 0.15) is 6.61 Å². The van der Waals surface area contributed by atoms with Crippen molar-refractivity contribution in [3.63, 3.8) is 0 Å². The molecule has 0 heterocycles. The van der Waals surface area contributed by atoms with Crippen LogP contribution in [0, 0.1) is 0 Å². The lowest BCUT2D eigenvalue weighted by Crippen LogP contribution is -2.29. The van der Waals surface area contributed by atoms with Crippen molar-refractivity contribution >= 4 is 19.8 Å². The predicted molar refractivity (Wildman–Crippen MR) is 340 cm³/mol.